The lowest BCUT2D eigenvalue weighted by Gasteiger charge is -2.02. The average Bonchev–Trinajstić information content (AvgIpc) is 1.85. The van der Waals surface area contributed by atoms with E-state index in [9.17, 15) is 0 Å². The summed E-state index contributed by atoms with van der Waals surface area (Å²) in [4.78, 5) is 0. The van der Waals surface area contributed by atoms with Gasteiger partial charge in [-0.05, 0) is 25.3 Å². The minimum Gasteiger partial charge on any atom is -0.501 e. The molecule has 0 aromatic carbocycles. The molecule has 0 fully saturated rings. The number of ether oxygens (including phenoxy) is 1. The second-order valence-corrected chi connectivity index (χ2v) is 3.20. The summed E-state index contributed by atoms with van der Waals surface area (Å²) in [6, 6.07) is 0. The Balaban J connectivity index is 3.21. The third-order valence-corrected chi connectivity index (χ3v) is 1.26. The molecule has 1 heteroatoms. The SMILES string of the molecule is C=C(C)C=COCCC(C)C. The van der Waals surface area contributed by atoms with Crippen LogP contribution in [0.4, 0.5) is 0 Å². The molecule has 0 unspecified atom stereocenters. The topological polar surface area (TPSA) is 9.23 Å². The fourth-order valence-electron chi connectivity index (χ4n) is 0.536. The molecule has 0 radical (unpaired) electrons. The van der Waals surface area contributed by atoms with E-state index in [1.165, 1.54) is 0 Å². The van der Waals surface area contributed by atoms with Gasteiger partial charge in [0.25, 0.3) is 0 Å². The molecule has 0 aromatic rings. The van der Waals surface area contributed by atoms with Crippen molar-refractivity contribution in [3.63, 3.8) is 0 Å². The number of allylic oxidation sites excluding steroid dienone is 2. The van der Waals surface area contributed by atoms with E-state index in [2.05, 4.69) is 20.4 Å². The van der Waals surface area contributed by atoms with E-state index in [4.69, 9.17) is 4.74 Å². The summed E-state index contributed by atoms with van der Waals surface area (Å²) in [6.45, 7) is 10.8. The zero-order chi connectivity index (χ0) is 8.69. The van der Waals surface area contributed by atoms with Crippen molar-refractivity contribution in [2.45, 2.75) is 27.2 Å². The van der Waals surface area contributed by atoms with Gasteiger partial charge < -0.3 is 4.74 Å². The number of hydrogen-bond donors (Lipinski definition) is 0. The van der Waals surface area contributed by atoms with Gasteiger partial charge in [0, 0.05) is 0 Å². The summed E-state index contributed by atoms with van der Waals surface area (Å²) in [7, 11) is 0. The summed E-state index contributed by atoms with van der Waals surface area (Å²) in [5.41, 5.74) is 1.02. The molecule has 0 spiro atoms. The van der Waals surface area contributed by atoms with Crippen molar-refractivity contribution in [3.8, 4) is 0 Å². The molecular weight excluding hydrogens is 136 g/mol. The Morgan fingerprint density at radius 1 is 1.55 bits per heavy atom. The first-order chi connectivity index (χ1) is 5.13. The number of rotatable bonds is 5. The van der Waals surface area contributed by atoms with Crippen LogP contribution in [0.25, 0.3) is 0 Å². The molecule has 0 heterocycles. The van der Waals surface area contributed by atoms with Gasteiger partial charge in [-0.15, -0.1) is 0 Å². The second kappa shape index (κ2) is 6.02. The highest BCUT2D eigenvalue weighted by Gasteiger charge is 1.90. The minimum absolute atomic E-state index is 0.716. The molecular formula is C10H18O. The van der Waals surface area contributed by atoms with Gasteiger partial charge in [0.15, 0.2) is 0 Å². The summed E-state index contributed by atoms with van der Waals surface area (Å²) in [5, 5.41) is 0. The normalized spacial score (nSPS) is 10.9. The van der Waals surface area contributed by atoms with Gasteiger partial charge in [0.2, 0.25) is 0 Å². The fraction of sp³-hybridized carbons (Fsp3) is 0.600. The first kappa shape index (κ1) is 10.3. The molecule has 0 saturated heterocycles. The van der Waals surface area contributed by atoms with Crippen molar-refractivity contribution >= 4 is 0 Å². The van der Waals surface area contributed by atoms with Crippen LogP contribution >= 0.6 is 0 Å². The van der Waals surface area contributed by atoms with Crippen molar-refractivity contribution in [1.82, 2.24) is 0 Å². The van der Waals surface area contributed by atoms with Crippen molar-refractivity contribution in [3.05, 3.63) is 24.5 Å². The van der Waals surface area contributed by atoms with E-state index in [1.54, 1.807) is 6.26 Å². The third kappa shape index (κ3) is 9.28. The highest BCUT2D eigenvalue weighted by Crippen LogP contribution is 1.99. The Hall–Kier alpha value is -0.720. The molecule has 64 valence electrons. The van der Waals surface area contributed by atoms with Crippen molar-refractivity contribution in [1.29, 1.82) is 0 Å². The summed E-state index contributed by atoms with van der Waals surface area (Å²) < 4.78 is 5.21. The average molecular weight is 154 g/mol. The van der Waals surface area contributed by atoms with E-state index >= 15 is 0 Å². The molecule has 1 nitrogen and oxygen atoms in total. The first-order valence-corrected chi connectivity index (χ1v) is 4.06. The zero-order valence-electron chi connectivity index (χ0n) is 7.76. The standard InChI is InChI=1S/C10H18O/c1-9(2)5-7-11-8-6-10(3)4/h5,7,10H,1,6,8H2,2-4H3. The number of hydrogen-bond acceptors (Lipinski definition) is 1. The van der Waals surface area contributed by atoms with Crippen LogP contribution in [-0.4, -0.2) is 6.61 Å². The van der Waals surface area contributed by atoms with E-state index in [0.717, 1.165) is 18.6 Å². The second-order valence-electron chi connectivity index (χ2n) is 3.20. The summed E-state index contributed by atoms with van der Waals surface area (Å²) in [5.74, 6) is 0.716. The zero-order valence-corrected chi connectivity index (χ0v) is 7.76. The van der Waals surface area contributed by atoms with Gasteiger partial charge in [-0.2, -0.15) is 0 Å². The van der Waals surface area contributed by atoms with Gasteiger partial charge in [0.1, 0.15) is 0 Å². The quantitative estimate of drug-likeness (QED) is 0.336. The highest BCUT2D eigenvalue weighted by molar-refractivity contribution is 5.08. The maximum absolute atomic E-state index is 5.21. The van der Waals surface area contributed by atoms with Crippen LogP contribution in [0.15, 0.2) is 24.5 Å². The van der Waals surface area contributed by atoms with E-state index < -0.39 is 0 Å². The molecule has 0 amide bonds. The molecule has 0 aliphatic rings. The highest BCUT2D eigenvalue weighted by atomic mass is 16.5. The lowest BCUT2D eigenvalue weighted by atomic mass is 10.1. The molecule has 0 aliphatic carbocycles. The molecule has 0 saturated carbocycles. The minimum atomic E-state index is 0.716. The Morgan fingerprint density at radius 3 is 2.64 bits per heavy atom. The third-order valence-electron chi connectivity index (χ3n) is 1.26. The van der Waals surface area contributed by atoms with Crippen LogP contribution in [0.3, 0.4) is 0 Å². The van der Waals surface area contributed by atoms with Crippen molar-refractivity contribution in [2.75, 3.05) is 6.61 Å². The first-order valence-electron chi connectivity index (χ1n) is 4.06. The Kier molecular flexibility index (Phi) is 5.63. The molecule has 0 bridgehead atoms. The van der Waals surface area contributed by atoms with Crippen LogP contribution in [0.5, 0.6) is 0 Å². The van der Waals surface area contributed by atoms with Crippen LogP contribution in [0.2, 0.25) is 0 Å². The van der Waals surface area contributed by atoms with Gasteiger partial charge >= 0.3 is 0 Å². The molecule has 0 atom stereocenters. The van der Waals surface area contributed by atoms with Crippen LogP contribution in [0, 0.1) is 5.92 Å². The van der Waals surface area contributed by atoms with Gasteiger partial charge in [-0.3, -0.25) is 0 Å². The maximum Gasteiger partial charge on any atom is 0.0875 e. The largest absolute Gasteiger partial charge is 0.501 e. The van der Waals surface area contributed by atoms with Crippen molar-refractivity contribution < 1.29 is 4.74 Å². The predicted molar refractivity (Wildman–Crippen MR) is 49.4 cm³/mol. The molecule has 0 N–H and O–H groups in total. The van der Waals surface area contributed by atoms with E-state index in [1.807, 2.05) is 13.0 Å². The molecule has 11 heavy (non-hydrogen) atoms. The van der Waals surface area contributed by atoms with Gasteiger partial charge in [-0.25, -0.2) is 0 Å². The van der Waals surface area contributed by atoms with Gasteiger partial charge in [0.05, 0.1) is 12.9 Å². The van der Waals surface area contributed by atoms with Crippen LogP contribution < -0.4 is 0 Å². The Bertz CT molecular complexity index is 134. The van der Waals surface area contributed by atoms with Crippen LogP contribution in [-0.2, 0) is 4.74 Å². The Morgan fingerprint density at radius 2 is 2.18 bits per heavy atom. The Labute approximate surface area is 69.8 Å². The predicted octanol–water partition coefficient (Wildman–Crippen LogP) is 3.14. The fourth-order valence-corrected chi connectivity index (χ4v) is 0.536. The molecule has 0 rings (SSSR count). The lowest BCUT2D eigenvalue weighted by molar-refractivity contribution is 0.229. The van der Waals surface area contributed by atoms with E-state index in [0.29, 0.717) is 5.92 Å². The molecule has 0 aliphatic heterocycles. The molecule has 0 aromatic heterocycles. The lowest BCUT2D eigenvalue weighted by Crippen LogP contribution is -1.93. The summed E-state index contributed by atoms with van der Waals surface area (Å²) in [6.07, 6.45) is 4.70. The monoisotopic (exact) mass is 154 g/mol. The van der Waals surface area contributed by atoms with Crippen LogP contribution in [0.1, 0.15) is 27.2 Å². The van der Waals surface area contributed by atoms with Gasteiger partial charge in [-0.1, -0.05) is 26.0 Å². The van der Waals surface area contributed by atoms with Crippen molar-refractivity contribution in [2.24, 2.45) is 5.92 Å². The smallest absolute Gasteiger partial charge is 0.0875 e. The summed E-state index contributed by atoms with van der Waals surface area (Å²) >= 11 is 0. The van der Waals surface area contributed by atoms with E-state index in [-0.39, 0.29) is 0 Å². The maximum atomic E-state index is 5.21.